The molecule has 0 aromatic carbocycles. The van der Waals surface area contributed by atoms with Crippen LogP contribution in [-0.4, -0.2) is 4.98 Å². The minimum absolute atomic E-state index is 0.677. The van der Waals surface area contributed by atoms with Crippen LogP contribution in [0.15, 0.2) is 39.3 Å². The molecule has 2 heterocycles. The molecule has 0 N–H and O–H groups in total. The first kappa shape index (κ1) is 11.5. The van der Waals surface area contributed by atoms with Crippen LogP contribution in [0.4, 0.5) is 0 Å². The Labute approximate surface area is 110 Å². The number of aromatic nitrogens is 1. The first-order valence-electron chi connectivity index (χ1n) is 4.22. The number of nitrogens with zero attached hydrogens (tertiary/aromatic N) is 1. The summed E-state index contributed by atoms with van der Waals surface area (Å²) in [5.41, 5.74) is 0. The fourth-order valence-electron chi connectivity index (χ4n) is 1.02. The zero-order chi connectivity index (χ0) is 10.7. The summed E-state index contributed by atoms with van der Waals surface area (Å²) in [5.74, 6) is 0.937. The predicted octanol–water partition coefficient (Wildman–Crippen LogP) is 4.85. The summed E-state index contributed by atoms with van der Waals surface area (Å²) in [6, 6.07) is 5.87. The lowest BCUT2D eigenvalue weighted by molar-refractivity contribution is 1.13. The Balaban J connectivity index is 1.99. The van der Waals surface area contributed by atoms with Gasteiger partial charge in [0.15, 0.2) is 0 Å². The molecule has 15 heavy (non-hydrogen) atoms. The van der Waals surface area contributed by atoms with Crippen LogP contribution in [0.5, 0.6) is 0 Å². The number of thioether (sulfide) groups is 1. The van der Waals surface area contributed by atoms with E-state index in [1.54, 1.807) is 29.3 Å². The summed E-state index contributed by atoms with van der Waals surface area (Å²) in [7, 11) is 0. The highest BCUT2D eigenvalue weighted by molar-refractivity contribution is 9.10. The van der Waals surface area contributed by atoms with Gasteiger partial charge >= 0.3 is 0 Å². The zero-order valence-corrected chi connectivity index (χ0v) is 11.6. The van der Waals surface area contributed by atoms with E-state index in [0.29, 0.717) is 5.02 Å². The second-order valence-corrected chi connectivity index (χ2v) is 6.08. The van der Waals surface area contributed by atoms with Crippen LogP contribution in [0.3, 0.4) is 0 Å². The maximum Gasteiger partial charge on any atom is 0.0964 e. The molecule has 5 heteroatoms. The average molecular weight is 321 g/mol. The molecule has 0 unspecified atom stereocenters. The maximum atomic E-state index is 5.76. The first-order valence-corrected chi connectivity index (χ1v) is 7.25. The Bertz CT molecular complexity index is 441. The number of thiophene rings is 1. The van der Waals surface area contributed by atoms with Gasteiger partial charge in [0.05, 0.1) is 10.0 Å². The van der Waals surface area contributed by atoms with Crippen LogP contribution >= 0.6 is 50.6 Å². The summed E-state index contributed by atoms with van der Waals surface area (Å²) in [5, 5.41) is 3.76. The molecule has 1 nitrogen and oxygen atoms in total. The first-order chi connectivity index (χ1) is 7.25. The normalized spacial score (nSPS) is 10.5. The van der Waals surface area contributed by atoms with Gasteiger partial charge in [0, 0.05) is 21.3 Å². The van der Waals surface area contributed by atoms with Gasteiger partial charge in [-0.15, -0.1) is 23.1 Å². The van der Waals surface area contributed by atoms with Crippen molar-refractivity contribution in [2.24, 2.45) is 0 Å². The van der Waals surface area contributed by atoms with E-state index in [1.165, 1.54) is 9.35 Å². The molecule has 0 aliphatic carbocycles. The molecule has 2 aromatic rings. The lowest BCUT2D eigenvalue weighted by Gasteiger charge is -1.99. The minimum atomic E-state index is 0.677. The molecule has 0 spiro atoms. The van der Waals surface area contributed by atoms with Crippen molar-refractivity contribution >= 4 is 50.6 Å². The van der Waals surface area contributed by atoms with Crippen molar-refractivity contribution in [2.45, 2.75) is 10.8 Å². The molecule has 0 amide bonds. The molecule has 0 bridgehead atoms. The van der Waals surface area contributed by atoms with E-state index in [4.69, 9.17) is 11.6 Å². The summed E-state index contributed by atoms with van der Waals surface area (Å²) >= 11 is 12.7. The van der Waals surface area contributed by atoms with Crippen LogP contribution in [0, 0.1) is 0 Å². The molecular weight excluding hydrogens is 314 g/mol. The number of hydrogen-bond donors (Lipinski definition) is 0. The second-order valence-electron chi connectivity index (χ2n) is 2.80. The Morgan fingerprint density at radius 3 is 2.87 bits per heavy atom. The van der Waals surface area contributed by atoms with Crippen molar-refractivity contribution in [3.63, 3.8) is 0 Å². The van der Waals surface area contributed by atoms with E-state index in [-0.39, 0.29) is 0 Å². The van der Waals surface area contributed by atoms with E-state index in [0.717, 1.165) is 10.8 Å². The molecule has 2 rings (SSSR count). The van der Waals surface area contributed by atoms with Gasteiger partial charge < -0.3 is 0 Å². The molecule has 2 aromatic heterocycles. The second kappa shape index (κ2) is 5.34. The standard InChI is InChI=1S/C10H7BrClNS2/c11-8-3-4-14-9(8)6-15-10-2-1-7(12)5-13-10/h1-5H,6H2. The molecule has 0 radical (unpaired) electrons. The highest BCUT2D eigenvalue weighted by Gasteiger charge is 2.02. The fourth-order valence-corrected chi connectivity index (χ4v) is 3.76. The number of halogens is 2. The van der Waals surface area contributed by atoms with Gasteiger partial charge in [0.2, 0.25) is 0 Å². The highest BCUT2D eigenvalue weighted by Crippen LogP contribution is 2.29. The summed E-state index contributed by atoms with van der Waals surface area (Å²) in [6.45, 7) is 0. The number of rotatable bonds is 3. The van der Waals surface area contributed by atoms with Crippen LogP contribution in [-0.2, 0) is 5.75 Å². The van der Waals surface area contributed by atoms with E-state index in [9.17, 15) is 0 Å². The summed E-state index contributed by atoms with van der Waals surface area (Å²) < 4.78 is 1.17. The van der Waals surface area contributed by atoms with E-state index >= 15 is 0 Å². The Morgan fingerprint density at radius 2 is 2.27 bits per heavy atom. The molecule has 78 valence electrons. The van der Waals surface area contributed by atoms with Crippen LogP contribution in [0.2, 0.25) is 5.02 Å². The minimum Gasteiger partial charge on any atom is -0.248 e. The Hall–Kier alpha value is -0.0300. The van der Waals surface area contributed by atoms with Gasteiger partial charge in [-0.05, 0) is 39.5 Å². The molecule has 0 saturated heterocycles. The molecule has 0 atom stereocenters. The zero-order valence-electron chi connectivity index (χ0n) is 7.61. The lowest BCUT2D eigenvalue weighted by atomic mass is 10.5. The van der Waals surface area contributed by atoms with Crippen LogP contribution < -0.4 is 0 Å². The van der Waals surface area contributed by atoms with Crippen molar-refractivity contribution in [2.75, 3.05) is 0 Å². The van der Waals surface area contributed by atoms with Gasteiger partial charge in [-0.1, -0.05) is 11.6 Å². The molecular formula is C10H7BrClNS2. The largest absolute Gasteiger partial charge is 0.248 e. The van der Waals surface area contributed by atoms with E-state index in [2.05, 4.69) is 32.4 Å². The van der Waals surface area contributed by atoms with Crippen molar-refractivity contribution in [3.05, 3.63) is 44.1 Å². The number of hydrogen-bond acceptors (Lipinski definition) is 3. The van der Waals surface area contributed by atoms with Crippen LogP contribution in [0.1, 0.15) is 4.88 Å². The van der Waals surface area contributed by atoms with Gasteiger partial charge in [0.1, 0.15) is 0 Å². The summed E-state index contributed by atoms with van der Waals surface area (Å²) in [6.07, 6.45) is 1.67. The Kier molecular flexibility index (Phi) is 4.08. The van der Waals surface area contributed by atoms with Gasteiger partial charge in [-0.2, -0.15) is 0 Å². The molecule has 0 saturated carbocycles. The smallest absolute Gasteiger partial charge is 0.0964 e. The van der Waals surface area contributed by atoms with E-state index in [1.807, 2.05) is 12.1 Å². The third kappa shape index (κ3) is 3.21. The third-order valence-electron chi connectivity index (χ3n) is 1.74. The van der Waals surface area contributed by atoms with Gasteiger partial charge in [-0.25, -0.2) is 4.98 Å². The quantitative estimate of drug-likeness (QED) is 0.750. The number of pyridine rings is 1. The van der Waals surface area contributed by atoms with Crippen molar-refractivity contribution in [1.82, 2.24) is 4.98 Å². The molecule has 0 aliphatic heterocycles. The van der Waals surface area contributed by atoms with Gasteiger partial charge in [0.25, 0.3) is 0 Å². The van der Waals surface area contributed by atoms with Crippen molar-refractivity contribution < 1.29 is 0 Å². The average Bonchev–Trinajstić information content (AvgIpc) is 2.63. The highest BCUT2D eigenvalue weighted by atomic mass is 79.9. The van der Waals surface area contributed by atoms with E-state index < -0.39 is 0 Å². The van der Waals surface area contributed by atoms with Crippen LogP contribution in [0.25, 0.3) is 0 Å². The van der Waals surface area contributed by atoms with Crippen molar-refractivity contribution in [1.29, 1.82) is 0 Å². The third-order valence-corrected chi connectivity index (χ3v) is 5.05. The molecule has 0 fully saturated rings. The topological polar surface area (TPSA) is 12.9 Å². The summed E-state index contributed by atoms with van der Waals surface area (Å²) in [4.78, 5) is 5.56. The fraction of sp³-hybridized carbons (Fsp3) is 0.100. The lowest BCUT2D eigenvalue weighted by Crippen LogP contribution is -1.80. The molecule has 0 aliphatic rings. The predicted molar refractivity (Wildman–Crippen MR) is 70.8 cm³/mol. The van der Waals surface area contributed by atoms with Crippen molar-refractivity contribution in [3.8, 4) is 0 Å². The Morgan fingerprint density at radius 1 is 1.40 bits per heavy atom. The monoisotopic (exact) mass is 319 g/mol. The maximum absolute atomic E-state index is 5.76. The SMILES string of the molecule is Clc1ccc(SCc2sccc2Br)nc1. The van der Waals surface area contributed by atoms with Gasteiger partial charge in [-0.3, -0.25) is 0 Å².